The molecule has 3 heterocycles. The Morgan fingerprint density at radius 2 is 2.24 bits per heavy atom. The summed E-state index contributed by atoms with van der Waals surface area (Å²) < 4.78 is 5.20. The van der Waals surface area contributed by atoms with Crippen molar-refractivity contribution >= 4 is 11.8 Å². The third-order valence-electron chi connectivity index (χ3n) is 4.60. The molecule has 1 unspecified atom stereocenters. The molecule has 1 atom stereocenters. The SMILES string of the molecule is CCC1CCCCN1C(=O)c1cc(C(=O)NCc2ccco2)ccn1. The largest absolute Gasteiger partial charge is 0.467 e. The van der Waals surface area contributed by atoms with E-state index in [0.29, 0.717) is 23.6 Å². The summed E-state index contributed by atoms with van der Waals surface area (Å²) >= 11 is 0. The molecule has 0 saturated carbocycles. The summed E-state index contributed by atoms with van der Waals surface area (Å²) in [6, 6.07) is 7.01. The summed E-state index contributed by atoms with van der Waals surface area (Å²) in [4.78, 5) is 31.2. The number of piperidine rings is 1. The number of hydrogen-bond acceptors (Lipinski definition) is 4. The second kappa shape index (κ2) is 7.96. The topological polar surface area (TPSA) is 75.4 Å². The molecule has 1 aliphatic rings. The first-order valence-corrected chi connectivity index (χ1v) is 8.76. The highest BCUT2D eigenvalue weighted by atomic mass is 16.3. The highest BCUT2D eigenvalue weighted by Crippen LogP contribution is 2.21. The average Bonchev–Trinajstić information content (AvgIpc) is 3.19. The number of rotatable bonds is 5. The fraction of sp³-hybridized carbons (Fsp3) is 0.421. The molecule has 2 amide bonds. The van der Waals surface area contributed by atoms with E-state index >= 15 is 0 Å². The van der Waals surface area contributed by atoms with Gasteiger partial charge in [-0.1, -0.05) is 6.92 Å². The van der Waals surface area contributed by atoms with Gasteiger partial charge in [-0.3, -0.25) is 14.6 Å². The molecule has 25 heavy (non-hydrogen) atoms. The van der Waals surface area contributed by atoms with Crippen molar-refractivity contribution in [2.75, 3.05) is 6.54 Å². The number of furan rings is 1. The molecule has 1 fully saturated rings. The van der Waals surface area contributed by atoms with Crippen LogP contribution >= 0.6 is 0 Å². The molecule has 0 aromatic carbocycles. The zero-order valence-electron chi connectivity index (χ0n) is 14.4. The maximum absolute atomic E-state index is 12.8. The smallest absolute Gasteiger partial charge is 0.272 e. The lowest BCUT2D eigenvalue weighted by atomic mass is 9.99. The second-order valence-corrected chi connectivity index (χ2v) is 6.25. The molecule has 6 nitrogen and oxygen atoms in total. The standard InChI is InChI=1S/C19H23N3O3/c1-2-15-6-3-4-10-22(15)19(24)17-12-14(8-9-20-17)18(23)21-13-16-7-5-11-25-16/h5,7-9,11-12,15H,2-4,6,10,13H2,1H3,(H,21,23). The Hall–Kier alpha value is -2.63. The molecule has 1 aliphatic heterocycles. The fourth-order valence-corrected chi connectivity index (χ4v) is 3.21. The van der Waals surface area contributed by atoms with E-state index in [4.69, 9.17) is 4.42 Å². The van der Waals surface area contributed by atoms with Crippen LogP contribution in [0.2, 0.25) is 0 Å². The maximum Gasteiger partial charge on any atom is 0.272 e. The number of hydrogen-bond donors (Lipinski definition) is 1. The van der Waals surface area contributed by atoms with Gasteiger partial charge in [-0.15, -0.1) is 0 Å². The summed E-state index contributed by atoms with van der Waals surface area (Å²) in [6.07, 6.45) is 7.23. The van der Waals surface area contributed by atoms with Gasteiger partial charge in [0.15, 0.2) is 0 Å². The molecule has 1 N–H and O–H groups in total. The minimum Gasteiger partial charge on any atom is -0.467 e. The van der Waals surface area contributed by atoms with Gasteiger partial charge >= 0.3 is 0 Å². The first-order valence-electron chi connectivity index (χ1n) is 8.76. The first-order chi connectivity index (χ1) is 12.2. The van der Waals surface area contributed by atoms with Gasteiger partial charge in [0.2, 0.25) is 0 Å². The van der Waals surface area contributed by atoms with Crippen LogP contribution in [0.5, 0.6) is 0 Å². The molecule has 132 valence electrons. The number of nitrogens with zero attached hydrogens (tertiary/aromatic N) is 2. The maximum atomic E-state index is 12.8. The lowest BCUT2D eigenvalue weighted by Crippen LogP contribution is -2.43. The molecule has 2 aromatic heterocycles. The summed E-state index contributed by atoms with van der Waals surface area (Å²) in [7, 11) is 0. The van der Waals surface area contributed by atoms with E-state index in [1.807, 2.05) is 4.90 Å². The molecule has 0 aliphatic carbocycles. The molecule has 0 spiro atoms. The van der Waals surface area contributed by atoms with Crippen molar-refractivity contribution in [1.29, 1.82) is 0 Å². The Bertz CT molecular complexity index is 727. The predicted octanol–water partition coefficient (Wildman–Crippen LogP) is 3.01. The van der Waals surface area contributed by atoms with Crippen molar-refractivity contribution in [3.05, 3.63) is 53.7 Å². The van der Waals surface area contributed by atoms with Gasteiger partial charge in [0.25, 0.3) is 11.8 Å². The number of likely N-dealkylation sites (tertiary alicyclic amines) is 1. The van der Waals surface area contributed by atoms with Crippen molar-refractivity contribution in [2.24, 2.45) is 0 Å². The quantitative estimate of drug-likeness (QED) is 0.907. The monoisotopic (exact) mass is 341 g/mol. The Balaban J connectivity index is 1.69. The van der Waals surface area contributed by atoms with E-state index in [2.05, 4.69) is 17.2 Å². The molecule has 2 aromatic rings. The van der Waals surface area contributed by atoms with Crippen molar-refractivity contribution < 1.29 is 14.0 Å². The number of amides is 2. The van der Waals surface area contributed by atoms with Crippen LogP contribution in [0.3, 0.4) is 0 Å². The van der Waals surface area contributed by atoms with Crippen LogP contribution in [0.4, 0.5) is 0 Å². The summed E-state index contributed by atoms with van der Waals surface area (Å²) in [5.74, 6) is 0.337. The number of pyridine rings is 1. The van der Waals surface area contributed by atoms with Crippen LogP contribution in [0.15, 0.2) is 41.1 Å². The lowest BCUT2D eigenvalue weighted by Gasteiger charge is -2.35. The third kappa shape index (κ3) is 4.07. The van der Waals surface area contributed by atoms with Crippen molar-refractivity contribution in [1.82, 2.24) is 15.2 Å². The molecule has 3 rings (SSSR count). The van der Waals surface area contributed by atoms with E-state index < -0.39 is 0 Å². The minimum atomic E-state index is -0.251. The Morgan fingerprint density at radius 1 is 1.36 bits per heavy atom. The lowest BCUT2D eigenvalue weighted by molar-refractivity contribution is 0.0602. The molecular weight excluding hydrogens is 318 g/mol. The fourth-order valence-electron chi connectivity index (χ4n) is 3.21. The van der Waals surface area contributed by atoms with Crippen LogP contribution in [-0.2, 0) is 6.54 Å². The molecule has 0 bridgehead atoms. The van der Waals surface area contributed by atoms with E-state index in [0.717, 1.165) is 32.2 Å². The highest BCUT2D eigenvalue weighted by Gasteiger charge is 2.27. The van der Waals surface area contributed by atoms with Crippen LogP contribution in [0.25, 0.3) is 0 Å². The highest BCUT2D eigenvalue weighted by molar-refractivity contribution is 5.98. The average molecular weight is 341 g/mol. The van der Waals surface area contributed by atoms with Gasteiger partial charge in [0.05, 0.1) is 12.8 Å². The normalized spacial score (nSPS) is 17.3. The Kier molecular flexibility index (Phi) is 5.48. The van der Waals surface area contributed by atoms with Gasteiger partial charge in [0.1, 0.15) is 11.5 Å². The summed E-state index contributed by atoms with van der Waals surface area (Å²) in [5.41, 5.74) is 0.751. The van der Waals surface area contributed by atoms with Gasteiger partial charge < -0.3 is 14.6 Å². The van der Waals surface area contributed by atoms with Crippen molar-refractivity contribution in [3.8, 4) is 0 Å². The minimum absolute atomic E-state index is 0.0905. The zero-order valence-corrected chi connectivity index (χ0v) is 14.4. The predicted molar refractivity (Wildman–Crippen MR) is 93.1 cm³/mol. The van der Waals surface area contributed by atoms with Crippen molar-refractivity contribution in [2.45, 2.75) is 45.2 Å². The second-order valence-electron chi connectivity index (χ2n) is 6.25. The number of carbonyl (C=O) groups excluding carboxylic acids is 2. The van der Waals surface area contributed by atoms with Crippen molar-refractivity contribution in [3.63, 3.8) is 0 Å². The van der Waals surface area contributed by atoms with Gasteiger partial charge in [-0.05, 0) is 49.9 Å². The molecule has 1 saturated heterocycles. The van der Waals surface area contributed by atoms with E-state index in [1.54, 1.807) is 30.5 Å². The van der Waals surface area contributed by atoms with Crippen LogP contribution in [0, 0.1) is 0 Å². The summed E-state index contributed by atoms with van der Waals surface area (Å²) in [5, 5.41) is 2.78. The van der Waals surface area contributed by atoms with Crippen LogP contribution in [-0.4, -0.2) is 34.3 Å². The zero-order chi connectivity index (χ0) is 17.6. The van der Waals surface area contributed by atoms with Crippen LogP contribution < -0.4 is 5.32 Å². The van der Waals surface area contributed by atoms with E-state index in [-0.39, 0.29) is 17.9 Å². The van der Waals surface area contributed by atoms with E-state index in [9.17, 15) is 9.59 Å². The number of aromatic nitrogens is 1. The van der Waals surface area contributed by atoms with E-state index in [1.165, 1.54) is 6.20 Å². The summed E-state index contributed by atoms with van der Waals surface area (Å²) in [6.45, 7) is 3.16. The molecular formula is C19H23N3O3. The molecule has 6 heteroatoms. The van der Waals surface area contributed by atoms with Crippen LogP contribution in [0.1, 0.15) is 59.2 Å². The first kappa shape index (κ1) is 17.2. The van der Waals surface area contributed by atoms with Gasteiger partial charge in [0, 0.05) is 24.3 Å². The third-order valence-corrected chi connectivity index (χ3v) is 4.60. The number of nitrogens with one attached hydrogen (secondary N) is 1. The Labute approximate surface area is 147 Å². The number of carbonyl (C=O) groups is 2. The van der Waals surface area contributed by atoms with Gasteiger partial charge in [-0.2, -0.15) is 0 Å². The molecule has 0 radical (unpaired) electrons. The van der Waals surface area contributed by atoms with Gasteiger partial charge in [-0.25, -0.2) is 0 Å². The Morgan fingerprint density at radius 3 is 3.00 bits per heavy atom.